The molecule has 1 aromatic rings. The molecule has 0 spiro atoms. The average Bonchev–Trinajstić information content (AvgIpc) is 2.75. The topological polar surface area (TPSA) is 53.4 Å². The highest BCUT2D eigenvalue weighted by molar-refractivity contribution is 7.09. The van der Waals surface area contributed by atoms with Gasteiger partial charge in [-0.1, -0.05) is 0 Å². The lowest BCUT2D eigenvalue weighted by molar-refractivity contribution is -0.150. The van der Waals surface area contributed by atoms with E-state index in [1.807, 2.05) is 0 Å². The molecule has 0 saturated carbocycles. The zero-order chi connectivity index (χ0) is 13.2. The van der Waals surface area contributed by atoms with E-state index in [0.717, 1.165) is 9.78 Å². The molecule has 1 aliphatic rings. The summed E-state index contributed by atoms with van der Waals surface area (Å²) in [5, 5.41) is 9.33. The van der Waals surface area contributed by atoms with Gasteiger partial charge in [0.1, 0.15) is 0 Å². The smallest absolute Gasteiger partial charge is 0.267 e. The molecule has 0 aromatic carbocycles. The molecule has 1 amide bonds. The standard InChI is InChI=1S/C11H14F2N2O2S/c12-11(13)3-8(16)5-15(6-11)10(17)2-1-9-4-14-7-18-9/h4,7-8,16H,1-3,5-6H2. The number of hydrogen-bond acceptors (Lipinski definition) is 4. The first kappa shape index (κ1) is 13.4. The molecule has 1 aromatic heterocycles. The first-order valence-corrected chi connectivity index (χ1v) is 6.55. The second kappa shape index (κ2) is 5.27. The Hall–Kier alpha value is -1.08. The quantitative estimate of drug-likeness (QED) is 0.905. The van der Waals surface area contributed by atoms with Gasteiger partial charge in [0.05, 0.1) is 18.2 Å². The van der Waals surface area contributed by atoms with Crippen LogP contribution in [0.4, 0.5) is 8.78 Å². The van der Waals surface area contributed by atoms with Crippen molar-refractivity contribution in [3.8, 4) is 0 Å². The predicted octanol–water partition coefficient (Wildman–Crippen LogP) is 1.30. The molecule has 1 fully saturated rings. The number of halogens is 2. The van der Waals surface area contributed by atoms with E-state index in [4.69, 9.17) is 0 Å². The monoisotopic (exact) mass is 276 g/mol. The van der Waals surface area contributed by atoms with Crippen molar-refractivity contribution in [2.75, 3.05) is 13.1 Å². The number of aliphatic hydroxyl groups is 1. The van der Waals surface area contributed by atoms with Gasteiger partial charge in [-0.15, -0.1) is 11.3 Å². The van der Waals surface area contributed by atoms with Crippen LogP contribution in [0.3, 0.4) is 0 Å². The summed E-state index contributed by atoms with van der Waals surface area (Å²) in [5.41, 5.74) is 1.67. The molecule has 0 aliphatic carbocycles. The fourth-order valence-electron chi connectivity index (χ4n) is 2.02. The van der Waals surface area contributed by atoms with E-state index < -0.39 is 25.0 Å². The summed E-state index contributed by atoms with van der Waals surface area (Å²) in [5.74, 6) is -3.33. The number of aryl methyl sites for hydroxylation is 1. The summed E-state index contributed by atoms with van der Waals surface area (Å²) < 4.78 is 26.4. The molecule has 7 heteroatoms. The number of carbonyl (C=O) groups excluding carboxylic acids is 1. The predicted molar refractivity (Wildman–Crippen MR) is 62.6 cm³/mol. The second-order valence-corrected chi connectivity index (χ2v) is 5.43. The number of nitrogens with zero attached hydrogens (tertiary/aromatic N) is 2. The van der Waals surface area contributed by atoms with E-state index in [2.05, 4.69) is 4.98 Å². The van der Waals surface area contributed by atoms with Crippen LogP contribution in [0, 0.1) is 0 Å². The maximum Gasteiger partial charge on any atom is 0.267 e. The molecule has 2 heterocycles. The van der Waals surface area contributed by atoms with Crippen LogP contribution in [0.1, 0.15) is 17.7 Å². The van der Waals surface area contributed by atoms with Crippen LogP contribution in [0.25, 0.3) is 0 Å². The first-order chi connectivity index (χ1) is 8.46. The van der Waals surface area contributed by atoms with Crippen molar-refractivity contribution < 1.29 is 18.7 Å². The molecule has 1 N–H and O–H groups in total. The average molecular weight is 276 g/mol. The summed E-state index contributed by atoms with van der Waals surface area (Å²) in [6.07, 6.45) is 0.636. The number of hydrogen-bond donors (Lipinski definition) is 1. The van der Waals surface area contributed by atoms with Gasteiger partial charge < -0.3 is 10.0 Å². The molecule has 0 radical (unpaired) electrons. The second-order valence-electron chi connectivity index (χ2n) is 4.46. The van der Waals surface area contributed by atoms with E-state index >= 15 is 0 Å². The van der Waals surface area contributed by atoms with Crippen LogP contribution in [0.2, 0.25) is 0 Å². The van der Waals surface area contributed by atoms with Gasteiger partial charge in [0, 0.05) is 30.5 Å². The van der Waals surface area contributed by atoms with Crippen LogP contribution < -0.4 is 0 Å². The molecule has 18 heavy (non-hydrogen) atoms. The number of thiazole rings is 1. The zero-order valence-electron chi connectivity index (χ0n) is 9.68. The molecule has 1 saturated heterocycles. The molecule has 1 aliphatic heterocycles. The van der Waals surface area contributed by atoms with Crippen molar-refractivity contribution in [2.45, 2.75) is 31.3 Å². The number of β-amino-alcohol motifs (C(OH)–C–C–N with tert-alkyl or cyclic N) is 1. The summed E-state index contributed by atoms with van der Waals surface area (Å²) >= 11 is 1.43. The third-order valence-electron chi connectivity index (χ3n) is 2.81. The minimum absolute atomic E-state index is 0.00286. The van der Waals surface area contributed by atoms with Gasteiger partial charge in [-0.05, 0) is 6.42 Å². The molecule has 1 atom stereocenters. The number of likely N-dealkylation sites (tertiary alicyclic amines) is 1. The minimum atomic E-state index is -2.99. The summed E-state index contributed by atoms with van der Waals surface area (Å²) in [7, 11) is 0. The lowest BCUT2D eigenvalue weighted by atomic mass is 10.0. The van der Waals surface area contributed by atoms with E-state index in [1.165, 1.54) is 11.3 Å². The van der Waals surface area contributed by atoms with Crippen LogP contribution in [-0.2, 0) is 11.2 Å². The Balaban J connectivity index is 1.88. The Morgan fingerprint density at radius 2 is 2.44 bits per heavy atom. The van der Waals surface area contributed by atoms with Gasteiger partial charge in [0.2, 0.25) is 5.91 Å². The van der Waals surface area contributed by atoms with Crippen LogP contribution in [0.5, 0.6) is 0 Å². The molecular formula is C11H14F2N2O2S. The van der Waals surface area contributed by atoms with Crippen LogP contribution in [-0.4, -0.2) is 46.0 Å². The van der Waals surface area contributed by atoms with E-state index in [9.17, 15) is 18.7 Å². The number of carbonyl (C=O) groups is 1. The number of aromatic nitrogens is 1. The van der Waals surface area contributed by atoms with Gasteiger partial charge in [-0.2, -0.15) is 0 Å². The minimum Gasteiger partial charge on any atom is -0.391 e. The van der Waals surface area contributed by atoms with Gasteiger partial charge in [0.25, 0.3) is 5.92 Å². The third kappa shape index (κ3) is 3.46. The molecule has 2 rings (SSSR count). The number of alkyl halides is 2. The summed E-state index contributed by atoms with van der Waals surface area (Å²) in [6, 6.07) is 0. The van der Waals surface area contributed by atoms with Crippen molar-refractivity contribution in [1.82, 2.24) is 9.88 Å². The fourth-order valence-corrected chi connectivity index (χ4v) is 2.61. The third-order valence-corrected chi connectivity index (χ3v) is 3.65. The number of rotatable bonds is 3. The first-order valence-electron chi connectivity index (χ1n) is 5.67. The lowest BCUT2D eigenvalue weighted by Gasteiger charge is -2.35. The Morgan fingerprint density at radius 1 is 1.67 bits per heavy atom. The normalized spacial score (nSPS) is 23.1. The largest absolute Gasteiger partial charge is 0.391 e. The van der Waals surface area contributed by atoms with Crippen molar-refractivity contribution in [3.63, 3.8) is 0 Å². The Kier molecular flexibility index (Phi) is 3.91. The Labute approximate surface area is 107 Å². The highest BCUT2D eigenvalue weighted by Gasteiger charge is 2.41. The number of amides is 1. The summed E-state index contributed by atoms with van der Waals surface area (Å²) in [6.45, 7) is -0.595. The van der Waals surface area contributed by atoms with Gasteiger partial charge in [-0.25, -0.2) is 8.78 Å². The van der Waals surface area contributed by atoms with Crippen molar-refractivity contribution in [3.05, 3.63) is 16.6 Å². The van der Waals surface area contributed by atoms with Crippen molar-refractivity contribution in [2.24, 2.45) is 0 Å². The number of piperidine rings is 1. The molecule has 100 valence electrons. The molecular weight excluding hydrogens is 262 g/mol. The highest BCUT2D eigenvalue weighted by Crippen LogP contribution is 2.27. The molecule has 1 unspecified atom stereocenters. The SMILES string of the molecule is O=C(CCc1cncs1)N1CC(O)CC(F)(F)C1. The molecule has 0 bridgehead atoms. The maximum atomic E-state index is 13.2. The highest BCUT2D eigenvalue weighted by atomic mass is 32.1. The van der Waals surface area contributed by atoms with Gasteiger partial charge >= 0.3 is 0 Å². The van der Waals surface area contributed by atoms with E-state index in [-0.39, 0.29) is 18.9 Å². The Bertz CT molecular complexity index is 411. The molecule has 4 nitrogen and oxygen atoms in total. The van der Waals surface area contributed by atoms with Crippen LogP contribution >= 0.6 is 11.3 Å². The number of aliphatic hydroxyl groups excluding tert-OH is 1. The van der Waals surface area contributed by atoms with E-state index in [0.29, 0.717) is 6.42 Å². The maximum absolute atomic E-state index is 13.2. The summed E-state index contributed by atoms with van der Waals surface area (Å²) in [4.78, 5) is 17.7. The van der Waals surface area contributed by atoms with Crippen LogP contribution in [0.15, 0.2) is 11.7 Å². The van der Waals surface area contributed by atoms with E-state index in [1.54, 1.807) is 11.7 Å². The fraction of sp³-hybridized carbons (Fsp3) is 0.636. The Morgan fingerprint density at radius 3 is 3.06 bits per heavy atom. The lowest BCUT2D eigenvalue weighted by Crippen LogP contribution is -2.51. The zero-order valence-corrected chi connectivity index (χ0v) is 10.5. The van der Waals surface area contributed by atoms with Crippen molar-refractivity contribution >= 4 is 17.2 Å². The van der Waals surface area contributed by atoms with Crippen molar-refractivity contribution in [1.29, 1.82) is 0 Å². The van der Waals surface area contributed by atoms with Gasteiger partial charge in [-0.3, -0.25) is 9.78 Å². The van der Waals surface area contributed by atoms with Gasteiger partial charge in [0.15, 0.2) is 0 Å².